The molecule has 2 aromatic heterocycles. The van der Waals surface area contributed by atoms with Crippen LogP contribution in [0, 0.1) is 6.57 Å². The fourth-order valence-corrected chi connectivity index (χ4v) is 3.94. The van der Waals surface area contributed by atoms with Crippen molar-refractivity contribution in [2.45, 2.75) is 18.4 Å². The molecule has 0 saturated carbocycles. The van der Waals surface area contributed by atoms with E-state index in [1.165, 1.54) is 0 Å². The SMILES string of the molecule is [C-]#[N+]C1C(C2=CCN(C)CC2)=Nc2[nH]ncc2C1c1cccc2nonc12. The van der Waals surface area contributed by atoms with E-state index < -0.39 is 6.04 Å². The van der Waals surface area contributed by atoms with Crippen LogP contribution in [0.25, 0.3) is 15.9 Å². The predicted molar refractivity (Wildman–Crippen MR) is 99.9 cm³/mol. The summed E-state index contributed by atoms with van der Waals surface area (Å²) in [7, 11) is 2.09. The molecule has 0 radical (unpaired) electrons. The lowest BCUT2D eigenvalue weighted by atomic mass is 9.79. The molecule has 0 spiro atoms. The summed E-state index contributed by atoms with van der Waals surface area (Å²) >= 11 is 0. The predicted octanol–water partition coefficient (Wildman–Crippen LogP) is 2.71. The van der Waals surface area contributed by atoms with Gasteiger partial charge in [-0.3, -0.25) is 5.10 Å². The lowest BCUT2D eigenvalue weighted by molar-refractivity contribution is 0.315. The van der Waals surface area contributed by atoms with E-state index in [2.05, 4.69) is 43.4 Å². The number of nitrogens with one attached hydrogen (secondary N) is 1. The maximum atomic E-state index is 7.95. The quantitative estimate of drug-likeness (QED) is 0.711. The Hall–Kier alpha value is -3.31. The molecule has 2 atom stereocenters. The first kappa shape index (κ1) is 15.9. The number of hydrogen-bond acceptors (Lipinski definition) is 6. The topological polar surface area (TPSA) is 87.6 Å². The second kappa shape index (κ2) is 6.14. The molecule has 3 aromatic rings. The van der Waals surface area contributed by atoms with Crippen molar-refractivity contribution in [2.75, 3.05) is 20.1 Å². The van der Waals surface area contributed by atoms with Gasteiger partial charge in [0, 0.05) is 18.7 Å². The third-order valence-electron chi connectivity index (χ3n) is 5.34. The van der Waals surface area contributed by atoms with E-state index in [-0.39, 0.29) is 5.92 Å². The van der Waals surface area contributed by atoms with Crippen molar-refractivity contribution in [1.29, 1.82) is 0 Å². The summed E-state index contributed by atoms with van der Waals surface area (Å²) in [6.07, 6.45) is 4.82. The third-order valence-corrected chi connectivity index (χ3v) is 5.34. The fraction of sp³-hybridized carbons (Fsp3) is 0.316. The lowest BCUT2D eigenvalue weighted by Gasteiger charge is -2.28. The van der Waals surface area contributed by atoms with Gasteiger partial charge in [0.15, 0.2) is 5.82 Å². The number of rotatable bonds is 2. The second-order valence-corrected chi connectivity index (χ2v) is 6.94. The van der Waals surface area contributed by atoms with Gasteiger partial charge in [0.25, 0.3) is 6.04 Å². The minimum absolute atomic E-state index is 0.222. The molecule has 0 amide bonds. The second-order valence-electron chi connectivity index (χ2n) is 6.94. The molecule has 5 rings (SSSR count). The molecule has 2 aliphatic rings. The van der Waals surface area contributed by atoms with E-state index in [0.29, 0.717) is 16.9 Å². The molecule has 0 aliphatic carbocycles. The van der Waals surface area contributed by atoms with E-state index in [0.717, 1.165) is 41.9 Å². The summed E-state index contributed by atoms with van der Waals surface area (Å²) in [5, 5.41) is 15.2. The summed E-state index contributed by atoms with van der Waals surface area (Å²) in [5.41, 5.74) is 5.16. The van der Waals surface area contributed by atoms with E-state index >= 15 is 0 Å². The third kappa shape index (κ3) is 2.47. The van der Waals surface area contributed by atoms with Crippen molar-refractivity contribution >= 4 is 22.6 Å². The van der Waals surface area contributed by atoms with Crippen LogP contribution in [0.5, 0.6) is 0 Å². The van der Waals surface area contributed by atoms with E-state index in [1.54, 1.807) is 6.20 Å². The van der Waals surface area contributed by atoms with Gasteiger partial charge in [-0.25, -0.2) is 16.2 Å². The molecule has 8 nitrogen and oxygen atoms in total. The van der Waals surface area contributed by atoms with E-state index in [1.807, 2.05) is 18.2 Å². The van der Waals surface area contributed by atoms with Crippen LogP contribution in [-0.4, -0.2) is 57.3 Å². The smallest absolute Gasteiger partial charge is 0.276 e. The van der Waals surface area contributed by atoms with Crippen LogP contribution in [-0.2, 0) is 0 Å². The number of fused-ring (bicyclic) bond motifs is 2. The first-order valence-electron chi connectivity index (χ1n) is 8.84. The maximum Gasteiger partial charge on any atom is 0.276 e. The molecule has 0 bridgehead atoms. The van der Waals surface area contributed by atoms with Crippen molar-refractivity contribution in [1.82, 2.24) is 25.4 Å². The number of aromatic nitrogens is 4. The Morgan fingerprint density at radius 1 is 1.30 bits per heavy atom. The van der Waals surface area contributed by atoms with Gasteiger partial charge in [0.1, 0.15) is 16.7 Å². The zero-order valence-corrected chi connectivity index (χ0v) is 14.8. The van der Waals surface area contributed by atoms with Gasteiger partial charge in [-0.15, -0.1) is 0 Å². The molecule has 2 unspecified atom stereocenters. The van der Waals surface area contributed by atoms with Crippen LogP contribution < -0.4 is 0 Å². The minimum atomic E-state index is -0.438. The Labute approximate surface area is 155 Å². The number of aromatic amines is 1. The molecule has 1 N–H and O–H groups in total. The van der Waals surface area contributed by atoms with Crippen LogP contribution in [0.4, 0.5) is 5.82 Å². The Morgan fingerprint density at radius 2 is 2.22 bits per heavy atom. The molecule has 27 heavy (non-hydrogen) atoms. The van der Waals surface area contributed by atoms with Gasteiger partial charge in [-0.05, 0) is 41.0 Å². The highest BCUT2D eigenvalue weighted by Crippen LogP contribution is 2.42. The Balaban J connectivity index is 1.69. The molecule has 8 heteroatoms. The highest BCUT2D eigenvalue weighted by atomic mass is 16.6. The van der Waals surface area contributed by atoms with E-state index in [4.69, 9.17) is 16.2 Å². The zero-order chi connectivity index (χ0) is 18.4. The monoisotopic (exact) mass is 359 g/mol. The average Bonchev–Trinajstić information content (AvgIpc) is 3.36. The molecular weight excluding hydrogens is 342 g/mol. The zero-order valence-electron chi connectivity index (χ0n) is 14.8. The molecule has 1 aromatic carbocycles. The number of hydrogen-bond donors (Lipinski definition) is 1. The van der Waals surface area contributed by atoms with Crippen molar-refractivity contribution in [3.8, 4) is 0 Å². The van der Waals surface area contributed by atoms with Gasteiger partial charge < -0.3 is 9.74 Å². The van der Waals surface area contributed by atoms with Crippen molar-refractivity contribution in [2.24, 2.45) is 4.99 Å². The normalized spacial score (nSPS) is 22.8. The number of likely N-dealkylation sites (N-methyl/N-ethyl adjacent to an activating group) is 1. The van der Waals surface area contributed by atoms with Crippen molar-refractivity contribution in [3.63, 3.8) is 0 Å². The van der Waals surface area contributed by atoms with Crippen LogP contribution in [0.3, 0.4) is 0 Å². The average molecular weight is 359 g/mol. The van der Waals surface area contributed by atoms with E-state index in [9.17, 15) is 0 Å². The largest absolute Gasteiger partial charge is 0.306 e. The van der Waals surface area contributed by atoms with Crippen LogP contribution >= 0.6 is 0 Å². The molecule has 0 saturated heterocycles. The Morgan fingerprint density at radius 3 is 3.04 bits per heavy atom. The molecule has 2 aliphatic heterocycles. The van der Waals surface area contributed by atoms with Crippen LogP contribution in [0.15, 0.2) is 45.7 Å². The number of aliphatic imine (C=N–C) groups is 1. The lowest BCUT2D eigenvalue weighted by Crippen LogP contribution is -2.34. The van der Waals surface area contributed by atoms with Gasteiger partial charge >= 0.3 is 0 Å². The summed E-state index contributed by atoms with van der Waals surface area (Å²) in [6.45, 7) is 9.77. The Kier molecular flexibility index (Phi) is 3.62. The van der Waals surface area contributed by atoms with Crippen LogP contribution in [0.1, 0.15) is 23.5 Å². The molecule has 4 heterocycles. The van der Waals surface area contributed by atoms with Crippen molar-refractivity contribution < 1.29 is 4.63 Å². The number of H-pyrrole nitrogens is 1. The summed E-state index contributed by atoms with van der Waals surface area (Å²) in [4.78, 5) is 11.0. The van der Waals surface area contributed by atoms with Gasteiger partial charge in [-0.2, -0.15) is 5.10 Å². The highest BCUT2D eigenvalue weighted by Gasteiger charge is 2.43. The first-order chi connectivity index (χ1) is 13.3. The van der Waals surface area contributed by atoms with Gasteiger partial charge in [-0.1, -0.05) is 18.2 Å². The maximum absolute atomic E-state index is 7.95. The molecular formula is C19H17N7O. The standard InChI is InChI=1S/C19H17N7O/c1-20-18-15(12-4-3-5-14-17(12)25-27-24-14)13-10-21-23-19(13)22-16(18)11-6-8-26(2)9-7-11/h3-6,10,15,18H,7-9H2,2H3,(H,21,23). The minimum Gasteiger partial charge on any atom is -0.306 e. The summed E-state index contributed by atoms with van der Waals surface area (Å²) in [6, 6.07) is 5.32. The summed E-state index contributed by atoms with van der Waals surface area (Å²) in [5.74, 6) is 0.489. The van der Waals surface area contributed by atoms with Crippen molar-refractivity contribution in [3.05, 3.63) is 58.6 Å². The Bertz CT molecular complexity index is 1120. The van der Waals surface area contributed by atoms with Gasteiger partial charge in [0.2, 0.25) is 0 Å². The fourth-order valence-electron chi connectivity index (χ4n) is 3.94. The highest BCUT2D eigenvalue weighted by molar-refractivity contribution is 6.09. The van der Waals surface area contributed by atoms with Crippen LogP contribution in [0.2, 0.25) is 0 Å². The molecule has 0 fully saturated rings. The molecule has 134 valence electrons. The summed E-state index contributed by atoms with van der Waals surface area (Å²) < 4.78 is 4.94. The first-order valence-corrected chi connectivity index (χ1v) is 8.84. The van der Waals surface area contributed by atoms with Gasteiger partial charge in [0.05, 0.1) is 12.1 Å². The number of nitrogens with zero attached hydrogens (tertiary/aromatic N) is 6. The number of benzene rings is 1.